The first-order valence-corrected chi connectivity index (χ1v) is 5.09. The summed E-state index contributed by atoms with van der Waals surface area (Å²) >= 11 is 1.74. The highest BCUT2D eigenvalue weighted by Crippen LogP contribution is 2.32. The van der Waals surface area contributed by atoms with Gasteiger partial charge >= 0.3 is 0 Å². The van der Waals surface area contributed by atoms with Crippen molar-refractivity contribution in [3.8, 4) is 0 Å². The summed E-state index contributed by atoms with van der Waals surface area (Å²) in [6.45, 7) is 2.08. The average Bonchev–Trinajstić information content (AvgIpc) is 2.62. The molecule has 2 aromatic heterocycles. The molecular weight excluding hydrogens is 180 g/mol. The highest BCUT2D eigenvalue weighted by atomic mass is 32.1. The van der Waals surface area contributed by atoms with E-state index in [-0.39, 0.29) is 0 Å². The Bertz CT molecular complexity index is 574. The van der Waals surface area contributed by atoms with E-state index in [9.17, 15) is 0 Å². The molecule has 0 amide bonds. The Hall–Kier alpha value is -1.28. The van der Waals surface area contributed by atoms with Gasteiger partial charge in [0, 0.05) is 5.39 Å². The predicted molar refractivity (Wildman–Crippen MR) is 56.3 cm³/mol. The van der Waals surface area contributed by atoms with Crippen LogP contribution in [0.4, 0.5) is 0 Å². The van der Waals surface area contributed by atoms with Gasteiger partial charge in [-0.25, -0.2) is 0 Å². The topological polar surface area (TPSA) is 13.1 Å². The highest BCUT2D eigenvalue weighted by molar-refractivity contribution is 7.18. The Labute approximate surface area is 79.6 Å². The Kier molecular flexibility index (Phi) is 1.30. The van der Waals surface area contributed by atoms with Gasteiger partial charge in [-0.2, -0.15) is 0 Å². The first-order valence-electron chi connectivity index (χ1n) is 4.21. The van der Waals surface area contributed by atoms with Crippen molar-refractivity contribution in [1.82, 2.24) is 0 Å². The van der Waals surface area contributed by atoms with Crippen molar-refractivity contribution in [3.63, 3.8) is 0 Å². The summed E-state index contributed by atoms with van der Waals surface area (Å²) in [4.78, 5) is 0. The maximum Gasteiger partial charge on any atom is 0.146 e. The number of hydrogen-bond acceptors (Lipinski definition) is 2. The van der Waals surface area contributed by atoms with E-state index in [1.165, 1.54) is 15.6 Å². The Morgan fingerprint density at radius 3 is 3.00 bits per heavy atom. The van der Waals surface area contributed by atoms with E-state index in [1.807, 2.05) is 6.07 Å². The second-order valence-corrected chi connectivity index (χ2v) is 4.13. The van der Waals surface area contributed by atoms with Crippen molar-refractivity contribution in [2.45, 2.75) is 6.92 Å². The molecule has 1 aromatic carbocycles. The zero-order valence-corrected chi connectivity index (χ0v) is 8.02. The quantitative estimate of drug-likeness (QED) is 0.520. The number of hydrogen-bond donors (Lipinski definition) is 0. The van der Waals surface area contributed by atoms with Gasteiger partial charge < -0.3 is 4.42 Å². The van der Waals surface area contributed by atoms with E-state index in [2.05, 4.69) is 30.5 Å². The van der Waals surface area contributed by atoms with E-state index in [0.717, 1.165) is 11.2 Å². The van der Waals surface area contributed by atoms with Crippen LogP contribution in [0.3, 0.4) is 0 Å². The molecule has 0 fully saturated rings. The lowest BCUT2D eigenvalue weighted by molar-refractivity contribution is 0.669. The number of rotatable bonds is 0. The molecule has 0 radical (unpaired) electrons. The minimum Gasteiger partial charge on any atom is -0.455 e. The molecule has 0 N–H and O–H groups in total. The van der Waals surface area contributed by atoms with Gasteiger partial charge in [0.2, 0.25) is 0 Å². The van der Waals surface area contributed by atoms with Crippen molar-refractivity contribution in [2.75, 3.05) is 0 Å². The molecule has 3 rings (SSSR count). The second-order valence-electron chi connectivity index (χ2n) is 3.22. The van der Waals surface area contributed by atoms with Gasteiger partial charge in [0.05, 0.1) is 4.70 Å². The number of benzene rings is 1. The van der Waals surface area contributed by atoms with Crippen molar-refractivity contribution in [1.29, 1.82) is 0 Å². The van der Waals surface area contributed by atoms with E-state index in [4.69, 9.17) is 4.42 Å². The fourth-order valence-electron chi connectivity index (χ4n) is 1.59. The summed E-state index contributed by atoms with van der Waals surface area (Å²) in [5, 5.41) is 3.29. The van der Waals surface area contributed by atoms with Gasteiger partial charge in [-0.05, 0) is 36.1 Å². The maximum absolute atomic E-state index is 5.68. The molecule has 0 atom stereocenters. The third-order valence-corrected chi connectivity index (χ3v) is 3.16. The summed E-state index contributed by atoms with van der Waals surface area (Å²) in [5.74, 6) is 0. The maximum atomic E-state index is 5.68. The van der Waals surface area contributed by atoms with E-state index >= 15 is 0 Å². The van der Waals surface area contributed by atoms with Crippen LogP contribution in [0, 0.1) is 6.92 Å². The Balaban J connectivity index is 2.59. The lowest BCUT2D eigenvalue weighted by atomic mass is 10.2. The molecule has 3 aromatic rings. The molecule has 64 valence electrons. The van der Waals surface area contributed by atoms with Crippen molar-refractivity contribution in [2.24, 2.45) is 0 Å². The third kappa shape index (κ3) is 0.923. The summed E-state index contributed by atoms with van der Waals surface area (Å²) in [6.07, 6.45) is 0. The van der Waals surface area contributed by atoms with E-state index in [1.54, 1.807) is 11.3 Å². The SMILES string of the molecule is Cc1ccc2c(c1)oc1ccsc12. The minimum atomic E-state index is 1.00. The largest absolute Gasteiger partial charge is 0.455 e. The van der Waals surface area contributed by atoms with Crippen molar-refractivity contribution in [3.05, 3.63) is 35.2 Å². The van der Waals surface area contributed by atoms with Crippen LogP contribution in [-0.4, -0.2) is 0 Å². The lowest BCUT2D eigenvalue weighted by Crippen LogP contribution is -1.68. The van der Waals surface area contributed by atoms with E-state index < -0.39 is 0 Å². The van der Waals surface area contributed by atoms with Crippen molar-refractivity contribution < 1.29 is 4.42 Å². The summed E-state index contributed by atoms with van der Waals surface area (Å²) in [5.41, 5.74) is 3.25. The molecule has 0 aliphatic heterocycles. The summed E-state index contributed by atoms with van der Waals surface area (Å²) in [6, 6.07) is 8.36. The van der Waals surface area contributed by atoms with Gasteiger partial charge in [-0.15, -0.1) is 11.3 Å². The molecule has 0 spiro atoms. The molecule has 13 heavy (non-hydrogen) atoms. The zero-order chi connectivity index (χ0) is 8.84. The smallest absolute Gasteiger partial charge is 0.146 e. The highest BCUT2D eigenvalue weighted by Gasteiger charge is 2.06. The summed E-state index contributed by atoms with van der Waals surface area (Å²) < 4.78 is 6.94. The minimum absolute atomic E-state index is 1.00. The van der Waals surface area contributed by atoms with Gasteiger partial charge in [0.15, 0.2) is 0 Å². The first-order chi connectivity index (χ1) is 6.34. The Morgan fingerprint density at radius 1 is 1.15 bits per heavy atom. The number of furan rings is 1. The van der Waals surface area contributed by atoms with Gasteiger partial charge in [-0.1, -0.05) is 6.07 Å². The molecule has 0 saturated carbocycles. The van der Waals surface area contributed by atoms with Gasteiger partial charge in [0.1, 0.15) is 11.2 Å². The molecule has 0 saturated heterocycles. The van der Waals surface area contributed by atoms with Crippen LogP contribution >= 0.6 is 11.3 Å². The van der Waals surface area contributed by atoms with Crippen LogP contribution in [0.1, 0.15) is 5.56 Å². The molecule has 2 heterocycles. The van der Waals surface area contributed by atoms with Crippen LogP contribution < -0.4 is 0 Å². The first kappa shape index (κ1) is 7.15. The van der Waals surface area contributed by atoms with E-state index in [0.29, 0.717) is 0 Å². The average molecular weight is 188 g/mol. The van der Waals surface area contributed by atoms with Crippen LogP contribution in [0.2, 0.25) is 0 Å². The lowest BCUT2D eigenvalue weighted by Gasteiger charge is -1.90. The molecule has 0 unspecified atom stereocenters. The van der Waals surface area contributed by atoms with Crippen LogP contribution in [0.5, 0.6) is 0 Å². The monoisotopic (exact) mass is 188 g/mol. The molecular formula is C11H8OS. The van der Waals surface area contributed by atoms with Crippen molar-refractivity contribution >= 4 is 32.6 Å². The second kappa shape index (κ2) is 2.36. The van der Waals surface area contributed by atoms with Gasteiger partial charge in [0.25, 0.3) is 0 Å². The predicted octanol–water partition coefficient (Wildman–Crippen LogP) is 3.96. The third-order valence-electron chi connectivity index (χ3n) is 2.23. The normalized spacial score (nSPS) is 11.5. The molecule has 0 aliphatic carbocycles. The fourth-order valence-corrected chi connectivity index (χ4v) is 2.44. The van der Waals surface area contributed by atoms with Crippen LogP contribution in [0.25, 0.3) is 21.3 Å². The van der Waals surface area contributed by atoms with Crippen LogP contribution in [-0.2, 0) is 0 Å². The number of thiophene rings is 1. The number of fused-ring (bicyclic) bond motifs is 3. The Morgan fingerprint density at radius 2 is 2.08 bits per heavy atom. The number of aryl methyl sites for hydroxylation is 1. The molecule has 2 heteroatoms. The molecule has 0 bridgehead atoms. The summed E-state index contributed by atoms with van der Waals surface area (Å²) in [7, 11) is 0. The fraction of sp³-hybridized carbons (Fsp3) is 0.0909. The molecule has 1 nitrogen and oxygen atoms in total. The standard InChI is InChI=1S/C11H8OS/c1-7-2-3-8-10(6-7)12-9-4-5-13-11(8)9/h2-6H,1H3. The zero-order valence-electron chi connectivity index (χ0n) is 7.20. The van der Waals surface area contributed by atoms with Gasteiger partial charge in [-0.3, -0.25) is 0 Å². The molecule has 0 aliphatic rings. The van der Waals surface area contributed by atoms with Crippen LogP contribution in [0.15, 0.2) is 34.1 Å².